The molecule has 1 aliphatic rings. The standard InChI is InChI=1S/C19H13NO3/c21-16-9-13-8-14(19(23)15(13)10-17(16)22)7-12-4-1-3-11-5-2-6-20-18(11)12/h1-7,9-10,21-22H,8H2. The molecule has 112 valence electrons. The number of fused-ring (bicyclic) bond motifs is 2. The molecule has 4 rings (SSSR count). The van der Waals surface area contributed by atoms with Crippen LogP contribution in [0.4, 0.5) is 0 Å². The van der Waals surface area contributed by atoms with E-state index in [1.165, 1.54) is 12.1 Å². The molecule has 1 aromatic heterocycles. The number of phenolic OH excluding ortho intramolecular Hbond substituents is 2. The van der Waals surface area contributed by atoms with Crippen LogP contribution in [0.3, 0.4) is 0 Å². The Balaban J connectivity index is 1.82. The van der Waals surface area contributed by atoms with Crippen molar-refractivity contribution in [2.24, 2.45) is 0 Å². The van der Waals surface area contributed by atoms with Crippen LogP contribution in [0, 0.1) is 0 Å². The number of hydrogen-bond acceptors (Lipinski definition) is 4. The van der Waals surface area contributed by atoms with Gasteiger partial charge in [-0.25, -0.2) is 0 Å². The molecule has 0 unspecified atom stereocenters. The van der Waals surface area contributed by atoms with Gasteiger partial charge < -0.3 is 10.2 Å². The van der Waals surface area contributed by atoms with Crippen molar-refractivity contribution in [1.29, 1.82) is 0 Å². The van der Waals surface area contributed by atoms with E-state index in [-0.39, 0.29) is 17.3 Å². The van der Waals surface area contributed by atoms with E-state index in [4.69, 9.17) is 0 Å². The van der Waals surface area contributed by atoms with Crippen LogP contribution in [0.5, 0.6) is 11.5 Å². The van der Waals surface area contributed by atoms with E-state index < -0.39 is 0 Å². The third-order valence-corrected chi connectivity index (χ3v) is 4.11. The quantitative estimate of drug-likeness (QED) is 0.533. The van der Waals surface area contributed by atoms with Crippen molar-refractivity contribution in [3.05, 3.63) is 70.9 Å². The van der Waals surface area contributed by atoms with Crippen molar-refractivity contribution in [3.8, 4) is 11.5 Å². The van der Waals surface area contributed by atoms with Gasteiger partial charge in [0.2, 0.25) is 0 Å². The summed E-state index contributed by atoms with van der Waals surface area (Å²) < 4.78 is 0. The molecule has 0 bridgehead atoms. The zero-order chi connectivity index (χ0) is 16.0. The van der Waals surface area contributed by atoms with Gasteiger partial charge in [-0.2, -0.15) is 0 Å². The van der Waals surface area contributed by atoms with Crippen LogP contribution in [0.25, 0.3) is 17.0 Å². The minimum absolute atomic E-state index is 0.122. The van der Waals surface area contributed by atoms with Crippen molar-refractivity contribution >= 4 is 22.8 Å². The molecule has 2 aromatic carbocycles. The highest BCUT2D eigenvalue weighted by Gasteiger charge is 2.26. The van der Waals surface area contributed by atoms with Gasteiger partial charge in [-0.05, 0) is 29.8 Å². The van der Waals surface area contributed by atoms with Crippen LogP contribution in [0.15, 0.2) is 54.2 Å². The summed E-state index contributed by atoms with van der Waals surface area (Å²) in [6.07, 6.45) is 4.00. The van der Waals surface area contributed by atoms with Crippen molar-refractivity contribution in [1.82, 2.24) is 4.98 Å². The molecule has 0 atom stereocenters. The van der Waals surface area contributed by atoms with Crippen molar-refractivity contribution < 1.29 is 15.0 Å². The maximum absolute atomic E-state index is 12.5. The highest BCUT2D eigenvalue weighted by molar-refractivity contribution is 6.16. The highest BCUT2D eigenvalue weighted by atomic mass is 16.3. The molecule has 0 spiro atoms. The Morgan fingerprint density at radius 1 is 1.04 bits per heavy atom. The molecule has 0 radical (unpaired) electrons. The molecule has 0 amide bonds. The first kappa shape index (κ1) is 13.5. The van der Waals surface area contributed by atoms with Gasteiger partial charge in [0.05, 0.1) is 5.52 Å². The lowest BCUT2D eigenvalue weighted by Gasteiger charge is -2.02. The van der Waals surface area contributed by atoms with E-state index in [0.29, 0.717) is 17.6 Å². The Morgan fingerprint density at radius 3 is 2.70 bits per heavy atom. The lowest BCUT2D eigenvalue weighted by Crippen LogP contribution is -1.95. The fraction of sp³-hybridized carbons (Fsp3) is 0.0526. The largest absolute Gasteiger partial charge is 0.504 e. The second kappa shape index (κ2) is 4.95. The molecule has 0 saturated carbocycles. The van der Waals surface area contributed by atoms with Crippen LogP contribution < -0.4 is 0 Å². The number of para-hydroxylation sites is 1. The van der Waals surface area contributed by atoms with E-state index >= 15 is 0 Å². The molecule has 23 heavy (non-hydrogen) atoms. The zero-order valence-corrected chi connectivity index (χ0v) is 12.2. The summed E-state index contributed by atoms with van der Waals surface area (Å²) >= 11 is 0. The third-order valence-electron chi connectivity index (χ3n) is 4.11. The minimum atomic E-state index is -0.273. The summed E-state index contributed by atoms with van der Waals surface area (Å²) in [5.41, 5.74) is 3.53. The summed E-state index contributed by atoms with van der Waals surface area (Å²) in [5, 5.41) is 20.2. The lowest BCUT2D eigenvalue weighted by atomic mass is 10.0. The van der Waals surface area contributed by atoms with E-state index in [1.807, 2.05) is 36.4 Å². The third kappa shape index (κ3) is 2.16. The summed E-state index contributed by atoms with van der Waals surface area (Å²) in [4.78, 5) is 16.9. The first-order chi connectivity index (χ1) is 11.1. The van der Waals surface area contributed by atoms with Gasteiger partial charge in [0.25, 0.3) is 0 Å². The second-order valence-electron chi connectivity index (χ2n) is 5.60. The number of rotatable bonds is 1. The maximum atomic E-state index is 12.5. The van der Waals surface area contributed by atoms with Crippen molar-refractivity contribution in [2.45, 2.75) is 6.42 Å². The summed E-state index contributed by atoms with van der Waals surface area (Å²) in [6, 6.07) is 12.5. The van der Waals surface area contributed by atoms with Crippen LogP contribution in [0.1, 0.15) is 21.5 Å². The molecule has 1 aliphatic carbocycles. The Morgan fingerprint density at radius 2 is 1.83 bits per heavy atom. The molecule has 1 heterocycles. The molecule has 0 aliphatic heterocycles. The number of aromatic hydroxyl groups is 2. The second-order valence-corrected chi connectivity index (χ2v) is 5.60. The number of ketones is 1. The summed E-state index contributed by atoms with van der Waals surface area (Å²) in [7, 11) is 0. The number of hydrogen-bond donors (Lipinski definition) is 2. The zero-order valence-electron chi connectivity index (χ0n) is 12.2. The van der Waals surface area contributed by atoms with Gasteiger partial charge in [0, 0.05) is 34.7 Å². The fourth-order valence-corrected chi connectivity index (χ4v) is 2.98. The average Bonchev–Trinajstić information content (AvgIpc) is 2.84. The van der Waals surface area contributed by atoms with E-state index in [1.54, 1.807) is 6.20 Å². The average molecular weight is 303 g/mol. The van der Waals surface area contributed by atoms with Crippen LogP contribution in [-0.4, -0.2) is 21.0 Å². The maximum Gasteiger partial charge on any atom is 0.189 e. The molecule has 0 saturated heterocycles. The van der Waals surface area contributed by atoms with E-state index in [0.717, 1.165) is 22.0 Å². The van der Waals surface area contributed by atoms with Gasteiger partial charge in [0.1, 0.15) is 0 Å². The SMILES string of the molecule is O=C1C(=Cc2cccc3cccnc23)Cc2cc(O)c(O)cc21. The number of benzene rings is 2. The molecule has 3 aromatic rings. The van der Waals surface area contributed by atoms with Crippen LogP contribution in [0.2, 0.25) is 0 Å². The number of nitrogens with zero attached hydrogens (tertiary/aromatic N) is 1. The van der Waals surface area contributed by atoms with Gasteiger partial charge in [-0.3, -0.25) is 9.78 Å². The smallest absolute Gasteiger partial charge is 0.189 e. The highest BCUT2D eigenvalue weighted by Crippen LogP contribution is 2.36. The van der Waals surface area contributed by atoms with Gasteiger partial charge in [0.15, 0.2) is 17.3 Å². The molecular formula is C19H13NO3. The van der Waals surface area contributed by atoms with Crippen LogP contribution >= 0.6 is 0 Å². The number of phenols is 2. The van der Waals surface area contributed by atoms with E-state index in [2.05, 4.69) is 4.98 Å². The monoisotopic (exact) mass is 303 g/mol. The molecule has 0 fully saturated rings. The van der Waals surface area contributed by atoms with Crippen LogP contribution in [-0.2, 0) is 6.42 Å². The number of carbonyl (C=O) groups is 1. The summed E-state index contributed by atoms with van der Waals surface area (Å²) in [5.74, 6) is -0.599. The van der Waals surface area contributed by atoms with Gasteiger partial charge in [-0.15, -0.1) is 0 Å². The lowest BCUT2D eigenvalue weighted by molar-refractivity contribution is 0.104. The Kier molecular flexibility index (Phi) is 2.91. The van der Waals surface area contributed by atoms with Crippen molar-refractivity contribution in [3.63, 3.8) is 0 Å². The molecular weight excluding hydrogens is 290 g/mol. The Hall–Kier alpha value is -3.14. The topological polar surface area (TPSA) is 70.4 Å². The van der Waals surface area contributed by atoms with Crippen molar-refractivity contribution in [2.75, 3.05) is 0 Å². The number of Topliss-reactive ketones (excluding diaryl/α,β-unsaturated/α-hetero) is 1. The first-order valence-corrected chi connectivity index (χ1v) is 7.27. The Labute approximate surface area is 132 Å². The fourth-order valence-electron chi connectivity index (χ4n) is 2.98. The molecule has 4 nitrogen and oxygen atoms in total. The number of aromatic nitrogens is 1. The van der Waals surface area contributed by atoms with E-state index in [9.17, 15) is 15.0 Å². The van der Waals surface area contributed by atoms with Gasteiger partial charge in [-0.1, -0.05) is 24.3 Å². The summed E-state index contributed by atoms with van der Waals surface area (Å²) in [6.45, 7) is 0. The number of allylic oxidation sites excluding steroid dienone is 1. The Bertz CT molecular complexity index is 984. The normalized spacial score (nSPS) is 15.3. The first-order valence-electron chi connectivity index (χ1n) is 7.27. The number of pyridine rings is 1. The predicted molar refractivity (Wildman–Crippen MR) is 87.5 cm³/mol. The molecule has 4 heteroatoms. The van der Waals surface area contributed by atoms with Gasteiger partial charge >= 0.3 is 0 Å². The number of carbonyl (C=O) groups excluding carboxylic acids is 1. The predicted octanol–water partition coefficient (Wildman–Crippen LogP) is 3.47. The minimum Gasteiger partial charge on any atom is -0.504 e. The molecule has 2 N–H and O–H groups in total.